The molecule has 0 aliphatic heterocycles. The molecule has 90 valence electrons. The van der Waals surface area contributed by atoms with Gasteiger partial charge in [-0.3, -0.25) is 0 Å². The lowest BCUT2D eigenvalue weighted by atomic mass is 10.0. The fourth-order valence-corrected chi connectivity index (χ4v) is 2.26. The summed E-state index contributed by atoms with van der Waals surface area (Å²) in [5, 5.41) is 0. The molecule has 1 aromatic carbocycles. The summed E-state index contributed by atoms with van der Waals surface area (Å²) in [5.41, 5.74) is -1.41. The van der Waals surface area contributed by atoms with Gasteiger partial charge in [0.25, 0.3) is 9.05 Å². The molecule has 0 heterocycles. The van der Waals surface area contributed by atoms with Crippen molar-refractivity contribution in [3.63, 3.8) is 0 Å². The fraction of sp³-hybridized carbons (Fsp3) is 0.400. The van der Waals surface area contributed by atoms with Crippen molar-refractivity contribution in [2.45, 2.75) is 24.4 Å². The van der Waals surface area contributed by atoms with E-state index in [9.17, 15) is 12.8 Å². The van der Waals surface area contributed by atoms with Gasteiger partial charge < -0.3 is 4.74 Å². The van der Waals surface area contributed by atoms with E-state index in [0.29, 0.717) is 0 Å². The maximum absolute atomic E-state index is 13.6. The lowest BCUT2D eigenvalue weighted by molar-refractivity contribution is 0.221. The molecule has 1 rings (SSSR count). The Kier molecular flexibility index (Phi) is 3.50. The highest BCUT2D eigenvalue weighted by Crippen LogP contribution is 2.33. The van der Waals surface area contributed by atoms with Crippen molar-refractivity contribution < 1.29 is 17.5 Å². The van der Waals surface area contributed by atoms with Crippen LogP contribution in [0.4, 0.5) is 4.39 Å². The molecule has 0 bridgehead atoms. The van der Waals surface area contributed by atoms with Crippen molar-refractivity contribution in [1.29, 1.82) is 0 Å². The topological polar surface area (TPSA) is 43.4 Å². The Morgan fingerprint density at radius 2 is 1.94 bits per heavy atom. The van der Waals surface area contributed by atoms with Crippen LogP contribution in [0.15, 0.2) is 23.1 Å². The van der Waals surface area contributed by atoms with E-state index < -0.39 is 14.7 Å². The SMILES string of the molecule is COc1ccc(C(C)(C)F)cc1S(=O)(=O)Cl. The molecule has 0 amide bonds. The van der Waals surface area contributed by atoms with Crippen molar-refractivity contribution in [1.82, 2.24) is 0 Å². The first kappa shape index (κ1) is 13.3. The second-order valence-corrected chi connectivity index (χ2v) is 6.31. The molecule has 0 aliphatic carbocycles. The molecule has 0 radical (unpaired) electrons. The highest BCUT2D eigenvalue weighted by atomic mass is 35.7. The smallest absolute Gasteiger partial charge is 0.264 e. The van der Waals surface area contributed by atoms with Crippen LogP contribution in [0, 0.1) is 0 Å². The number of halogens is 2. The molecule has 0 N–H and O–H groups in total. The molecule has 0 aliphatic rings. The summed E-state index contributed by atoms with van der Waals surface area (Å²) in [7, 11) is 2.61. The second-order valence-electron chi connectivity index (χ2n) is 3.78. The van der Waals surface area contributed by atoms with Gasteiger partial charge in [0.15, 0.2) is 0 Å². The molecule has 16 heavy (non-hydrogen) atoms. The Morgan fingerprint density at radius 3 is 2.31 bits per heavy atom. The average molecular weight is 267 g/mol. The third kappa shape index (κ3) is 2.86. The van der Waals surface area contributed by atoms with Gasteiger partial charge in [-0.05, 0) is 31.5 Å². The molecular formula is C10H12ClFO3S. The van der Waals surface area contributed by atoms with Crippen LogP contribution in [0.3, 0.4) is 0 Å². The summed E-state index contributed by atoms with van der Waals surface area (Å²) < 4.78 is 41.0. The predicted molar refractivity (Wildman–Crippen MR) is 60.2 cm³/mol. The molecule has 0 aromatic heterocycles. The quantitative estimate of drug-likeness (QED) is 0.790. The van der Waals surface area contributed by atoms with Gasteiger partial charge in [-0.15, -0.1) is 0 Å². The van der Waals surface area contributed by atoms with Crippen LogP contribution in [0.2, 0.25) is 0 Å². The molecule has 0 spiro atoms. The van der Waals surface area contributed by atoms with Gasteiger partial charge >= 0.3 is 0 Å². The number of benzene rings is 1. The zero-order chi connectivity index (χ0) is 12.6. The van der Waals surface area contributed by atoms with Gasteiger partial charge in [-0.2, -0.15) is 0 Å². The van der Waals surface area contributed by atoms with E-state index in [1.165, 1.54) is 39.2 Å². The summed E-state index contributed by atoms with van der Waals surface area (Å²) >= 11 is 0. The average Bonchev–Trinajstić information content (AvgIpc) is 2.14. The van der Waals surface area contributed by atoms with Gasteiger partial charge in [-0.25, -0.2) is 12.8 Å². The van der Waals surface area contributed by atoms with Crippen LogP contribution in [-0.4, -0.2) is 15.5 Å². The summed E-state index contributed by atoms with van der Waals surface area (Å²) in [5.74, 6) is 0.100. The van der Waals surface area contributed by atoms with Crippen molar-refractivity contribution in [2.24, 2.45) is 0 Å². The Bertz CT molecular complexity index is 491. The van der Waals surface area contributed by atoms with E-state index in [-0.39, 0.29) is 16.2 Å². The standard InChI is InChI=1S/C10H12ClFO3S/c1-10(2,12)7-4-5-8(15-3)9(6-7)16(11,13)14/h4-6H,1-3H3. The molecule has 3 nitrogen and oxygen atoms in total. The third-order valence-electron chi connectivity index (χ3n) is 2.11. The van der Waals surface area contributed by atoms with Crippen LogP contribution in [0.1, 0.15) is 19.4 Å². The minimum absolute atomic E-state index is 0.100. The monoisotopic (exact) mass is 266 g/mol. The highest BCUT2D eigenvalue weighted by Gasteiger charge is 2.24. The molecule has 0 saturated carbocycles. The van der Waals surface area contributed by atoms with Gasteiger partial charge in [0, 0.05) is 10.7 Å². The summed E-state index contributed by atoms with van der Waals surface area (Å²) in [6, 6.07) is 4.03. The number of ether oxygens (including phenoxy) is 1. The Labute approximate surface area is 98.6 Å². The van der Waals surface area contributed by atoms with E-state index in [1.54, 1.807) is 0 Å². The van der Waals surface area contributed by atoms with E-state index >= 15 is 0 Å². The molecule has 0 unspecified atom stereocenters. The van der Waals surface area contributed by atoms with Gasteiger partial charge in [-0.1, -0.05) is 6.07 Å². The van der Waals surface area contributed by atoms with Crippen LogP contribution >= 0.6 is 10.7 Å². The zero-order valence-electron chi connectivity index (χ0n) is 9.12. The van der Waals surface area contributed by atoms with E-state index in [4.69, 9.17) is 15.4 Å². The molecular weight excluding hydrogens is 255 g/mol. The summed E-state index contributed by atoms with van der Waals surface area (Å²) in [4.78, 5) is -0.222. The molecule has 1 aromatic rings. The largest absolute Gasteiger partial charge is 0.495 e. The third-order valence-corrected chi connectivity index (χ3v) is 3.46. The second kappa shape index (κ2) is 4.22. The lowest BCUT2D eigenvalue weighted by Crippen LogP contribution is -2.10. The number of alkyl halides is 1. The lowest BCUT2D eigenvalue weighted by Gasteiger charge is -2.16. The summed E-state index contributed by atoms with van der Waals surface area (Å²) in [6.45, 7) is 2.67. The predicted octanol–water partition coefficient (Wildman–Crippen LogP) is 2.83. The number of rotatable bonds is 3. The zero-order valence-corrected chi connectivity index (χ0v) is 10.7. The van der Waals surface area contributed by atoms with Crippen molar-refractivity contribution in [3.05, 3.63) is 23.8 Å². The van der Waals surface area contributed by atoms with Crippen LogP contribution in [-0.2, 0) is 14.7 Å². The Morgan fingerprint density at radius 1 is 1.38 bits per heavy atom. The minimum Gasteiger partial charge on any atom is -0.495 e. The highest BCUT2D eigenvalue weighted by molar-refractivity contribution is 8.13. The molecule has 6 heteroatoms. The van der Waals surface area contributed by atoms with E-state index in [1.807, 2.05) is 0 Å². The Balaban J connectivity index is 3.46. The minimum atomic E-state index is -3.95. The molecule has 0 saturated heterocycles. The first-order valence-electron chi connectivity index (χ1n) is 4.48. The molecule has 0 atom stereocenters. The van der Waals surface area contributed by atoms with E-state index in [2.05, 4.69) is 0 Å². The fourth-order valence-electron chi connectivity index (χ4n) is 1.24. The first-order chi connectivity index (χ1) is 7.16. The van der Waals surface area contributed by atoms with Gasteiger partial charge in [0.2, 0.25) is 0 Å². The van der Waals surface area contributed by atoms with Gasteiger partial charge in [0.1, 0.15) is 16.3 Å². The van der Waals surface area contributed by atoms with Crippen molar-refractivity contribution in [3.8, 4) is 5.75 Å². The van der Waals surface area contributed by atoms with Gasteiger partial charge in [0.05, 0.1) is 7.11 Å². The Hall–Kier alpha value is -0.810. The van der Waals surface area contributed by atoms with Crippen LogP contribution in [0.25, 0.3) is 0 Å². The number of hydrogen-bond donors (Lipinski definition) is 0. The maximum Gasteiger partial charge on any atom is 0.264 e. The van der Waals surface area contributed by atoms with E-state index in [0.717, 1.165) is 0 Å². The first-order valence-corrected chi connectivity index (χ1v) is 6.79. The summed E-state index contributed by atoms with van der Waals surface area (Å²) in [6.07, 6.45) is 0. The normalized spacial score (nSPS) is 12.6. The van der Waals surface area contributed by atoms with Crippen molar-refractivity contribution >= 4 is 19.7 Å². The number of hydrogen-bond acceptors (Lipinski definition) is 3. The van der Waals surface area contributed by atoms with Crippen LogP contribution in [0.5, 0.6) is 5.75 Å². The number of methoxy groups -OCH3 is 1. The van der Waals surface area contributed by atoms with Crippen LogP contribution < -0.4 is 4.74 Å². The van der Waals surface area contributed by atoms with Crippen molar-refractivity contribution in [2.75, 3.05) is 7.11 Å². The maximum atomic E-state index is 13.6. The molecule has 0 fully saturated rings.